The Morgan fingerprint density at radius 2 is 1.90 bits per heavy atom. The number of nitrogens with zero attached hydrogens (tertiary/aromatic N) is 1. The molecule has 0 aliphatic heterocycles. The van der Waals surface area contributed by atoms with Crippen LogP contribution in [0.2, 0.25) is 0 Å². The van der Waals surface area contributed by atoms with E-state index in [1.54, 1.807) is 35.7 Å². The number of fused-ring (bicyclic) bond motifs is 1. The quantitative estimate of drug-likeness (QED) is 0.429. The fraction of sp³-hybridized carbons (Fsp3) is 0.0952. The Labute approximate surface area is 177 Å². The highest BCUT2D eigenvalue weighted by molar-refractivity contribution is 7.13. The van der Waals surface area contributed by atoms with Gasteiger partial charge in [0.05, 0.1) is 11.1 Å². The fourth-order valence-electron chi connectivity index (χ4n) is 3.31. The number of benzene rings is 2. The lowest BCUT2D eigenvalue weighted by atomic mass is 9.96. The van der Waals surface area contributed by atoms with Crippen molar-refractivity contribution in [3.8, 4) is 5.75 Å². The van der Waals surface area contributed by atoms with E-state index in [-0.39, 0.29) is 16.9 Å². The van der Waals surface area contributed by atoms with Gasteiger partial charge in [0.2, 0.25) is 0 Å². The third-order valence-corrected chi connectivity index (χ3v) is 5.34. The number of alkyl halides is 3. The van der Waals surface area contributed by atoms with Gasteiger partial charge in [0.25, 0.3) is 11.5 Å². The monoisotopic (exact) mass is 445 g/mol. The number of pyridine rings is 1. The van der Waals surface area contributed by atoms with E-state index in [0.717, 1.165) is 23.0 Å². The van der Waals surface area contributed by atoms with Crippen LogP contribution in [0.3, 0.4) is 0 Å². The first-order chi connectivity index (χ1) is 14.8. The van der Waals surface area contributed by atoms with Crippen LogP contribution in [0.25, 0.3) is 10.9 Å². The number of hydrogen-bond donors (Lipinski definition) is 3. The number of aromatic hydroxyl groups is 1. The number of aromatic amines is 1. The highest BCUT2D eigenvalue weighted by atomic mass is 32.1. The number of carbonyl (C=O) groups excluding carboxylic acids is 1. The molecular formula is C21H14F3N3O3S. The molecule has 6 nitrogen and oxygen atoms in total. The number of rotatable bonds is 4. The minimum Gasteiger partial charge on any atom is -0.506 e. The van der Waals surface area contributed by atoms with Crippen molar-refractivity contribution in [3.63, 3.8) is 0 Å². The van der Waals surface area contributed by atoms with E-state index in [9.17, 15) is 27.9 Å². The minimum absolute atomic E-state index is 0.178. The lowest BCUT2D eigenvalue weighted by Crippen LogP contribution is -2.24. The van der Waals surface area contributed by atoms with Crippen LogP contribution >= 0.6 is 11.3 Å². The maximum absolute atomic E-state index is 13.6. The Hall–Kier alpha value is -3.66. The molecular weight excluding hydrogens is 431 g/mol. The number of hydrogen-bond acceptors (Lipinski definition) is 5. The Morgan fingerprint density at radius 1 is 1.16 bits per heavy atom. The average Bonchev–Trinajstić information content (AvgIpc) is 3.20. The molecule has 0 unspecified atom stereocenters. The number of amides is 1. The van der Waals surface area contributed by atoms with Crippen molar-refractivity contribution < 1.29 is 23.1 Å². The van der Waals surface area contributed by atoms with Gasteiger partial charge in [-0.15, -0.1) is 11.3 Å². The third-order valence-electron chi connectivity index (χ3n) is 4.65. The van der Waals surface area contributed by atoms with Gasteiger partial charge in [0, 0.05) is 17.0 Å². The SMILES string of the molecule is O=C(Nc1nccs1)c1c(O)c2c(Cc3ccccc3)ccc(C(F)(F)F)c2[nH]c1=O. The van der Waals surface area contributed by atoms with Crippen molar-refractivity contribution >= 4 is 33.3 Å². The lowest BCUT2D eigenvalue weighted by Gasteiger charge is -2.16. The summed E-state index contributed by atoms with van der Waals surface area (Å²) >= 11 is 1.09. The van der Waals surface area contributed by atoms with Crippen LogP contribution in [0.5, 0.6) is 5.75 Å². The Balaban J connectivity index is 1.94. The molecule has 1 amide bonds. The maximum Gasteiger partial charge on any atom is 0.418 e. The summed E-state index contributed by atoms with van der Waals surface area (Å²) in [5.74, 6) is -1.79. The molecule has 158 valence electrons. The van der Waals surface area contributed by atoms with Gasteiger partial charge >= 0.3 is 6.18 Å². The van der Waals surface area contributed by atoms with Gasteiger partial charge in [-0.2, -0.15) is 13.2 Å². The summed E-state index contributed by atoms with van der Waals surface area (Å²) in [5, 5.41) is 14.7. The molecule has 2 heterocycles. The number of halogens is 3. The summed E-state index contributed by atoms with van der Waals surface area (Å²) in [6.07, 6.45) is -3.16. The first kappa shape index (κ1) is 20.6. The molecule has 0 aliphatic rings. The second kappa shape index (κ2) is 7.88. The van der Waals surface area contributed by atoms with Crippen LogP contribution < -0.4 is 10.9 Å². The van der Waals surface area contributed by atoms with Crippen LogP contribution in [-0.2, 0) is 12.6 Å². The zero-order valence-corrected chi connectivity index (χ0v) is 16.5. The average molecular weight is 445 g/mol. The topological polar surface area (TPSA) is 95.1 Å². The van der Waals surface area contributed by atoms with Gasteiger partial charge in [-0.3, -0.25) is 14.9 Å². The molecule has 0 spiro atoms. The normalized spacial score (nSPS) is 11.6. The van der Waals surface area contributed by atoms with Gasteiger partial charge in [0.1, 0.15) is 11.3 Å². The molecule has 4 aromatic rings. The van der Waals surface area contributed by atoms with Crippen LogP contribution in [0.15, 0.2) is 58.8 Å². The van der Waals surface area contributed by atoms with E-state index < -0.39 is 40.0 Å². The van der Waals surface area contributed by atoms with E-state index >= 15 is 0 Å². The van der Waals surface area contributed by atoms with Crippen LogP contribution in [0.1, 0.15) is 27.0 Å². The van der Waals surface area contributed by atoms with Crippen molar-refractivity contribution in [2.24, 2.45) is 0 Å². The standard InChI is InChI=1S/C21H14F3N3O3S/c22-21(23,24)13-7-6-12(10-11-4-2-1-3-5-11)14-16(13)26-18(29)15(17(14)28)19(30)27-20-25-8-9-31-20/h1-9H,10H2,(H,25,27,30)(H2,26,28,29). The number of thiazole rings is 1. The van der Waals surface area contributed by atoms with Crippen molar-refractivity contribution in [2.75, 3.05) is 5.32 Å². The molecule has 0 fully saturated rings. The Morgan fingerprint density at radius 3 is 2.55 bits per heavy atom. The molecule has 0 atom stereocenters. The van der Waals surface area contributed by atoms with Gasteiger partial charge in [0.15, 0.2) is 5.13 Å². The molecule has 10 heteroatoms. The van der Waals surface area contributed by atoms with Crippen molar-refractivity contribution in [3.05, 3.63) is 86.6 Å². The van der Waals surface area contributed by atoms with E-state index in [0.29, 0.717) is 5.56 Å². The Kier molecular flexibility index (Phi) is 5.24. The number of nitrogens with one attached hydrogen (secondary N) is 2. The lowest BCUT2D eigenvalue weighted by molar-refractivity contribution is -0.136. The van der Waals surface area contributed by atoms with E-state index in [4.69, 9.17) is 0 Å². The molecule has 2 aromatic carbocycles. The number of H-pyrrole nitrogens is 1. The largest absolute Gasteiger partial charge is 0.506 e. The van der Waals surface area contributed by atoms with Crippen LogP contribution in [-0.4, -0.2) is 21.0 Å². The van der Waals surface area contributed by atoms with Gasteiger partial charge in [-0.05, 0) is 23.6 Å². The second-order valence-electron chi connectivity index (χ2n) is 6.65. The summed E-state index contributed by atoms with van der Waals surface area (Å²) in [7, 11) is 0. The molecule has 4 rings (SSSR count). The minimum atomic E-state index is -4.77. The summed E-state index contributed by atoms with van der Waals surface area (Å²) in [5.41, 5.74) is -2.40. The van der Waals surface area contributed by atoms with E-state index in [2.05, 4.69) is 15.3 Å². The molecule has 0 aliphatic carbocycles. The van der Waals surface area contributed by atoms with Gasteiger partial charge in [-0.25, -0.2) is 4.98 Å². The smallest absolute Gasteiger partial charge is 0.418 e. The second-order valence-corrected chi connectivity index (χ2v) is 7.55. The maximum atomic E-state index is 13.6. The Bertz CT molecular complexity index is 1320. The van der Waals surface area contributed by atoms with Gasteiger partial charge in [-0.1, -0.05) is 36.4 Å². The highest BCUT2D eigenvalue weighted by Gasteiger charge is 2.35. The van der Waals surface area contributed by atoms with Crippen molar-refractivity contribution in [1.82, 2.24) is 9.97 Å². The number of carbonyl (C=O) groups is 1. The van der Waals surface area contributed by atoms with E-state index in [1.165, 1.54) is 12.3 Å². The first-order valence-electron chi connectivity index (χ1n) is 8.98. The molecule has 31 heavy (non-hydrogen) atoms. The number of aromatic nitrogens is 2. The van der Waals surface area contributed by atoms with E-state index in [1.807, 2.05) is 0 Å². The molecule has 0 saturated heterocycles. The third kappa shape index (κ3) is 4.02. The molecule has 2 aromatic heterocycles. The highest BCUT2D eigenvalue weighted by Crippen LogP contribution is 2.39. The summed E-state index contributed by atoms with van der Waals surface area (Å²) in [6, 6.07) is 11.0. The molecule has 0 bridgehead atoms. The molecule has 3 N–H and O–H groups in total. The predicted molar refractivity (Wildman–Crippen MR) is 111 cm³/mol. The predicted octanol–water partition coefficient (Wildman–Crippen LogP) is 4.55. The molecule has 0 radical (unpaired) electrons. The van der Waals surface area contributed by atoms with Crippen LogP contribution in [0, 0.1) is 0 Å². The molecule has 0 saturated carbocycles. The van der Waals surface area contributed by atoms with Crippen molar-refractivity contribution in [1.29, 1.82) is 0 Å². The van der Waals surface area contributed by atoms with Gasteiger partial charge < -0.3 is 10.1 Å². The fourth-order valence-corrected chi connectivity index (χ4v) is 3.83. The first-order valence-corrected chi connectivity index (χ1v) is 9.86. The summed E-state index contributed by atoms with van der Waals surface area (Å²) < 4.78 is 40.7. The summed E-state index contributed by atoms with van der Waals surface area (Å²) in [6.45, 7) is 0. The number of anilines is 1. The van der Waals surface area contributed by atoms with Crippen LogP contribution in [0.4, 0.5) is 18.3 Å². The zero-order valence-electron chi connectivity index (χ0n) is 15.7. The summed E-state index contributed by atoms with van der Waals surface area (Å²) in [4.78, 5) is 31.1. The van der Waals surface area contributed by atoms with Crippen molar-refractivity contribution in [2.45, 2.75) is 12.6 Å². The zero-order chi connectivity index (χ0) is 22.2.